The fraction of sp³-hybridized carbons (Fsp3) is 0.529. The Hall–Kier alpha value is -2.09. The van der Waals surface area contributed by atoms with E-state index in [0.29, 0.717) is 0 Å². The van der Waals surface area contributed by atoms with Gasteiger partial charge in [-0.2, -0.15) is 13.2 Å². The minimum atomic E-state index is -4.59. The van der Waals surface area contributed by atoms with Crippen molar-refractivity contribution in [2.75, 3.05) is 26.2 Å². The van der Waals surface area contributed by atoms with Crippen molar-refractivity contribution in [1.82, 2.24) is 9.96 Å². The van der Waals surface area contributed by atoms with E-state index < -0.39 is 29.0 Å². The van der Waals surface area contributed by atoms with Crippen molar-refractivity contribution in [2.24, 2.45) is 5.41 Å². The summed E-state index contributed by atoms with van der Waals surface area (Å²) in [7, 11) is 0. The van der Waals surface area contributed by atoms with Crippen LogP contribution < -0.4 is 0 Å². The highest BCUT2D eigenvalue weighted by Gasteiger charge is 2.36. The molecule has 0 atom stereocenters. The Morgan fingerprint density at radius 2 is 1.56 bits per heavy atom. The number of rotatable bonds is 2. The van der Waals surface area contributed by atoms with Crippen LogP contribution in [0, 0.1) is 5.41 Å². The second-order valence-electron chi connectivity index (χ2n) is 6.89. The normalized spacial score (nSPS) is 16.6. The standard InChI is InChI=1S/C17H21F3N2O3/c1-16(2,3)15(24)25-22-10-8-21(9-11-22)14(23)12-6-4-5-7-13(12)17(18,19)20/h4-7H,8-11H2,1-3H3. The highest BCUT2D eigenvalue weighted by atomic mass is 19.4. The maximum atomic E-state index is 13.1. The molecule has 0 aliphatic carbocycles. The summed E-state index contributed by atoms with van der Waals surface area (Å²) in [5.41, 5.74) is -1.96. The number of amides is 1. The van der Waals surface area contributed by atoms with Gasteiger partial charge < -0.3 is 9.74 Å². The van der Waals surface area contributed by atoms with Gasteiger partial charge in [0.2, 0.25) is 0 Å². The molecule has 0 radical (unpaired) electrons. The van der Waals surface area contributed by atoms with Crippen molar-refractivity contribution < 1.29 is 27.6 Å². The predicted octanol–water partition coefficient (Wildman–Crippen LogP) is 2.97. The summed E-state index contributed by atoms with van der Waals surface area (Å²) in [6.45, 7) is 6.05. The van der Waals surface area contributed by atoms with Gasteiger partial charge in [-0.15, -0.1) is 5.06 Å². The summed E-state index contributed by atoms with van der Waals surface area (Å²) in [6.07, 6.45) is -4.59. The van der Waals surface area contributed by atoms with Crippen LogP contribution in [0.3, 0.4) is 0 Å². The first kappa shape index (κ1) is 19.2. The van der Waals surface area contributed by atoms with Crippen LogP contribution in [0.25, 0.3) is 0 Å². The third-order valence-corrected chi connectivity index (χ3v) is 3.81. The number of hydrogen-bond acceptors (Lipinski definition) is 4. The number of hydrogen-bond donors (Lipinski definition) is 0. The van der Waals surface area contributed by atoms with Crippen LogP contribution in [0.15, 0.2) is 24.3 Å². The van der Waals surface area contributed by atoms with Crippen LogP contribution in [-0.2, 0) is 15.8 Å². The summed E-state index contributed by atoms with van der Waals surface area (Å²) < 4.78 is 39.2. The molecule has 0 N–H and O–H groups in total. The molecular weight excluding hydrogens is 337 g/mol. The average molecular weight is 358 g/mol. The molecule has 1 aliphatic rings. The quantitative estimate of drug-likeness (QED) is 0.816. The fourth-order valence-electron chi connectivity index (χ4n) is 2.32. The Morgan fingerprint density at radius 1 is 1.00 bits per heavy atom. The topological polar surface area (TPSA) is 49.9 Å². The molecule has 1 fully saturated rings. The number of carbonyl (C=O) groups is 2. The Kier molecular flexibility index (Phi) is 5.41. The molecule has 2 rings (SSSR count). The summed E-state index contributed by atoms with van der Waals surface area (Å²) in [5, 5.41) is 1.44. The van der Waals surface area contributed by atoms with Gasteiger partial charge in [0, 0.05) is 13.1 Å². The first-order valence-electron chi connectivity index (χ1n) is 7.93. The maximum absolute atomic E-state index is 13.1. The Balaban J connectivity index is 2.02. The molecule has 1 aromatic carbocycles. The van der Waals surface area contributed by atoms with Crippen LogP contribution in [0.5, 0.6) is 0 Å². The number of piperazine rings is 1. The molecule has 1 amide bonds. The van der Waals surface area contributed by atoms with Gasteiger partial charge in [-0.05, 0) is 32.9 Å². The zero-order chi connectivity index (χ0) is 18.8. The van der Waals surface area contributed by atoms with Crippen LogP contribution in [0.4, 0.5) is 13.2 Å². The monoisotopic (exact) mass is 358 g/mol. The molecule has 5 nitrogen and oxygen atoms in total. The molecule has 1 aromatic rings. The van der Waals surface area contributed by atoms with E-state index in [1.54, 1.807) is 20.8 Å². The van der Waals surface area contributed by atoms with Crippen LogP contribution in [0.2, 0.25) is 0 Å². The zero-order valence-electron chi connectivity index (χ0n) is 14.4. The summed E-state index contributed by atoms with van der Waals surface area (Å²) >= 11 is 0. The SMILES string of the molecule is CC(C)(C)C(=O)ON1CCN(C(=O)c2ccccc2C(F)(F)F)CC1. The van der Waals surface area contributed by atoms with Gasteiger partial charge in [-0.25, -0.2) is 4.79 Å². The molecule has 1 heterocycles. The van der Waals surface area contributed by atoms with Gasteiger partial charge in [-0.3, -0.25) is 4.79 Å². The lowest BCUT2D eigenvalue weighted by molar-refractivity contribution is -0.205. The number of hydroxylamine groups is 2. The van der Waals surface area contributed by atoms with Crippen LogP contribution in [0.1, 0.15) is 36.7 Å². The smallest absolute Gasteiger partial charge is 0.367 e. The molecule has 138 valence electrons. The molecule has 0 spiro atoms. The lowest BCUT2D eigenvalue weighted by Crippen LogP contribution is -2.50. The second kappa shape index (κ2) is 7.03. The lowest BCUT2D eigenvalue weighted by Gasteiger charge is -2.34. The first-order valence-corrected chi connectivity index (χ1v) is 7.93. The van der Waals surface area contributed by atoms with E-state index in [-0.39, 0.29) is 31.7 Å². The number of nitrogens with zero attached hydrogens (tertiary/aromatic N) is 2. The lowest BCUT2D eigenvalue weighted by atomic mass is 9.98. The third kappa shape index (κ3) is 4.72. The molecule has 0 unspecified atom stereocenters. The summed E-state index contributed by atoms with van der Waals surface area (Å²) in [6, 6.07) is 4.74. The highest BCUT2D eigenvalue weighted by Crippen LogP contribution is 2.32. The van der Waals surface area contributed by atoms with E-state index in [1.165, 1.54) is 28.2 Å². The Bertz CT molecular complexity index is 645. The molecule has 8 heteroatoms. The van der Waals surface area contributed by atoms with Gasteiger partial charge in [0.15, 0.2) is 0 Å². The molecule has 1 aliphatic heterocycles. The van der Waals surface area contributed by atoms with Gasteiger partial charge >= 0.3 is 12.1 Å². The van der Waals surface area contributed by atoms with Crippen LogP contribution in [-0.4, -0.2) is 48.0 Å². The number of carbonyl (C=O) groups excluding carboxylic acids is 2. The van der Waals surface area contributed by atoms with Gasteiger partial charge in [-0.1, -0.05) is 12.1 Å². The van der Waals surface area contributed by atoms with Crippen LogP contribution >= 0.6 is 0 Å². The molecule has 1 saturated heterocycles. The van der Waals surface area contributed by atoms with Gasteiger partial charge in [0.05, 0.1) is 29.6 Å². The highest BCUT2D eigenvalue weighted by molar-refractivity contribution is 5.96. The van der Waals surface area contributed by atoms with E-state index in [2.05, 4.69) is 0 Å². The first-order chi connectivity index (χ1) is 11.5. The van der Waals surface area contributed by atoms with Crippen molar-refractivity contribution >= 4 is 11.9 Å². The Morgan fingerprint density at radius 3 is 2.08 bits per heavy atom. The fourth-order valence-corrected chi connectivity index (χ4v) is 2.32. The third-order valence-electron chi connectivity index (χ3n) is 3.81. The van der Waals surface area contributed by atoms with E-state index in [0.717, 1.165) is 6.07 Å². The molecule has 0 saturated carbocycles. The largest absolute Gasteiger partial charge is 0.417 e. The Labute approximate surface area is 144 Å². The predicted molar refractivity (Wildman–Crippen MR) is 84.5 cm³/mol. The van der Waals surface area contributed by atoms with E-state index in [9.17, 15) is 22.8 Å². The minimum Gasteiger partial charge on any atom is -0.367 e. The van der Waals surface area contributed by atoms with E-state index in [1.807, 2.05) is 0 Å². The van der Waals surface area contributed by atoms with E-state index >= 15 is 0 Å². The van der Waals surface area contributed by atoms with Crippen molar-refractivity contribution in [3.05, 3.63) is 35.4 Å². The average Bonchev–Trinajstić information content (AvgIpc) is 2.53. The summed E-state index contributed by atoms with van der Waals surface area (Å²) in [4.78, 5) is 30.9. The van der Waals surface area contributed by atoms with Crippen molar-refractivity contribution in [3.8, 4) is 0 Å². The maximum Gasteiger partial charge on any atom is 0.417 e. The molecule has 0 bridgehead atoms. The second-order valence-corrected chi connectivity index (χ2v) is 6.89. The van der Waals surface area contributed by atoms with Gasteiger partial charge in [0.1, 0.15) is 0 Å². The molecule has 0 aromatic heterocycles. The van der Waals surface area contributed by atoms with Crippen molar-refractivity contribution in [2.45, 2.75) is 26.9 Å². The van der Waals surface area contributed by atoms with Crippen molar-refractivity contribution in [1.29, 1.82) is 0 Å². The van der Waals surface area contributed by atoms with Gasteiger partial charge in [0.25, 0.3) is 5.91 Å². The molecular formula is C17H21F3N2O3. The number of alkyl halides is 3. The van der Waals surface area contributed by atoms with Crippen molar-refractivity contribution in [3.63, 3.8) is 0 Å². The number of benzene rings is 1. The van der Waals surface area contributed by atoms with E-state index in [4.69, 9.17) is 4.84 Å². The minimum absolute atomic E-state index is 0.183. The molecule has 25 heavy (non-hydrogen) atoms. The zero-order valence-corrected chi connectivity index (χ0v) is 14.4. The summed E-state index contributed by atoms with van der Waals surface area (Å²) in [5.74, 6) is -1.07. The number of halogens is 3.